The van der Waals surface area contributed by atoms with Gasteiger partial charge in [0.15, 0.2) is 5.13 Å². The van der Waals surface area contributed by atoms with Crippen LogP contribution in [0, 0.1) is 0 Å². The molecule has 1 N–H and O–H groups in total. The van der Waals surface area contributed by atoms with Crippen LogP contribution in [0.5, 0.6) is 0 Å². The van der Waals surface area contributed by atoms with Gasteiger partial charge in [0.05, 0.1) is 11.9 Å². The van der Waals surface area contributed by atoms with E-state index in [0.29, 0.717) is 5.13 Å². The number of nitrogens with zero attached hydrogens (tertiary/aromatic N) is 4. The van der Waals surface area contributed by atoms with Crippen molar-refractivity contribution in [1.82, 2.24) is 19.7 Å². The first-order chi connectivity index (χ1) is 11.9. The molecule has 1 aliphatic heterocycles. The van der Waals surface area contributed by atoms with E-state index in [4.69, 9.17) is 0 Å². The van der Waals surface area contributed by atoms with Gasteiger partial charge in [-0.1, -0.05) is 11.8 Å². The molecule has 0 aromatic carbocycles. The van der Waals surface area contributed by atoms with Crippen molar-refractivity contribution in [3.63, 3.8) is 0 Å². The Hall–Kier alpha value is -2.20. The first-order valence-electron chi connectivity index (χ1n) is 7.73. The van der Waals surface area contributed by atoms with E-state index in [0.717, 1.165) is 51.3 Å². The number of carbonyl (C=O) groups excluding carboxylic acids is 3. The third-order valence-electron chi connectivity index (χ3n) is 4.34. The van der Waals surface area contributed by atoms with Crippen molar-refractivity contribution in [3.05, 3.63) is 16.8 Å². The second-order valence-corrected chi connectivity index (χ2v) is 8.18. The molecule has 2 aromatic heterocycles. The van der Waals surface area contributed by atoms with Crippen LogP contribution in [0.4, 0.5) is 9.93 Å². The number of thioether (sulfide) groups is 1. The normalized spacial score (nSPS) is 19.1. The molecule has 0 bridgehead atoms. The zero-order valence-corrected chi connectivity index (χ0v) is 15.2. The van der Waals surface area contributed by atoms with Crippen LogP contribution in [0.3, 0.4) is 0 Å². The summed E-state index contributed by atoms with van der Waals surface area (Å²) >= 11 is 2.34. The van der Waals surface area contributed by atoms with Crippen LogP contribution in [0.2, 0.25) is 0 Å². The highest BCUT2D eigenvalue weighted by Gasteiger charge is 2.38. The summed E-state index contributed by atoms with van der Waals surface area (Å²) in [5.74, 6) is -0.643. The fourth-order valence-corrected chi connectivity index (χ4v) is 4.98. The van der Waals surface area contributed by atoms with Crippen LogP contribution < -0.4 is 5.32 Å². The number of rotatable bonds is 3. The van der Waals surface area contributed by atoms with Crippen molar-refractivity contribution in [2.75, 3.05) is 12.4 Å². The number of amides is 3. The zero-order valence-electron chi connectivity index (χ0n) is 13.6. The molecule has 0 unspecified atom stereocenters. The summed E-state index contributed by atoms with van der Waals surface area (Å²) in [7, 11) is 3.34. The Kier molecular flexibility index (Phi) is 3.88. The topological polar surface area (TPSA) is 97.2 Å². The first kappa shape index (κ1) is 16.3. The fourth-order valence-electron chi connectivity index (χ4n) is 3.00. The molecular weight excluding hydrogens is 362 g/mol. The van der Waals surface area contributed by atoms with E-state index < -0.39 is 5.25 Å². The van der Waals surface area contributed by atoms with Crippen LogP contribution in [0.25, 0.3) is 11.3 Å². The third-order valence-corrected chi connectivity index (χ3v) is 6.50. The summed E-state index contributed by atoms with van der Waals surface area (Å²) in [4.78, 5) is 42.3. The number of anilines is 1. The number of imide groups is 1. The number of hydrogen-bond donors (Lipinski definition) is 1. The van der Waals surface area contributed by atoms with Gasteiger partial charge in [-0.3, -0.25) is 24.0 Å². The van der Waals surface area contributed by atoms with Gasteiger partial charge in [-0.25, -0.2) is 4.98 Å². The summed E-state index contributed by atoms with van der Waals surface area (Å²) in [5.41, 5.74) is 3.02. The van der Waals surface area contributed by atoms with E-state index in [1.54, 1.807) is 6.20 Å². The van der Waals surface area contributed by atoms with Gasteiger partial charge in [0.25, 0.3) is 5.24 Å². The second kappa shape index (κ2) is 5.95. The molecule has 1 aliphatic carbocycles. The highest BCUT2D eigenvalue weighted by molar-refractivity contribution is 8.15. The Morgan fingerprint density at radius 2 is 2.16 bits per heavy atom. The third kappa shape index (κ3) is 2.74. The van der Waals surface area contributed by atoms with Crippen LogP contribution >= 0.6 is 23.1 Å². The maximum Gasteiger partial charge on any atom is 0.288 e. The lowest BCUT2D eigenvalue weighted by atomic mass is 10.0. The quantitative estimate of drug-likeness (QED) is 0.874. The SMILES string of the molecule is CN1C(=O)S[C@@H](CC(=O)Nc2nc3c(s2)CCc2c-3cnn2C)C1=O. The lowest BCUT2D eigenvalue weighted by Crippen LogP contribution is -2.29. The summed E-state index contributed by atoms with van der Waals surface area (Å²) in [6.45, 7) is 0. The number of fused-ring (bicyclic) bond motifs is 3. The molecule has 1 atom stereocenters. The molecular formula is C15H15N5O3S2. The summed E-state index contributed by atoms with van der Waals surface area (Å²) < 4.78 is 1.85. The highest BCUT2D eigenvalue weighted by atomic mass is 32.2. The molecule has 8 nitrogen and oxygen atoms in total. The van der Waals surface area contributed by atoms with Crippen molar-refractivity contribution in [3.8, 4) is 11.3 Å². The van der Waals surface area contributed by atoms with Gasteiger partial charge < -0.3 is 5.32 Å². The molecule has 25 heavy (non-hydrogen) atoms. The molecule has 0 radical (unpaired) electrons. The number of aryl methyl sites for hydroxylation is 2. The molecule has 4 rings (SSSR count). The molecule has 0 spiro atoms. The van der Waals surface area contributed by atoms with E-state index in [2.05, 4.69) is 15.4 Å². The minimum atomic E-state index is -0.656. The summed E-state index contributed by atoms with van der Waals surface area (Å²) in [6, 6.07) is 0. The Morgan fingerprint density at radius 1 is 1.36 bits per heavy atom. The van der Waals surface area contributed by atoms with Crippen molar-refractivity contribution < 1.29 is 14.4 Å². The van der Waals surface area contributed by atoms with E-state index in [-0.39, 0.29) is 23.5 Å². The van der Waals surface area contributed by atoms with Gasteiger partial charge >= 0.3 is 0 Å². The van der Waals surface area contributed by atoms with E-state index >= 15 is 0 Å². The maximum absolute atomic E-state index is 12.2. The molecule has 3 heterocycles. The average molecular weight is 377 g/mol. The summed E-state index contributed by atoms with van der Waals surface area (Å²) in [6.07, 6.45) is 3.53. The van der Waals surface area contributed by atoms with Crippen LogP contribution in [0.15, 0.2) is 6.20 Å². The lowest BCUT2D eigenvalue weighted by molar-refractivity contribution is -0.127. The maximum atomic E-state index is 12.2. The van der Waals surface area contributed by atoms with Crippen molar-refractivity contribution in [2.24, 2.45) is 7.05 Å². The predicted molar refractivity (Wildman–Crippen MR) is 94.5 cm³/mol. The summed E-state index contributed by atoms with van der Waals surface area (Å²) in [5, 5.41) is 6.57. The molecule has 10 heteroatoms. The van der Waals surface area contributed by atoms with Crippen LogP contribution in [0.1, 0.15) is 17.0 Å². The Bertz CT molecular complexity index is 903. The molecule has 2 aliphatic rings. The number of hydrogen-bond acceptors (Lipinski definition) is 7. The van der Waals surface area contributed by atoms with Gasteiger partial charge in [0.1, 0.15) is 5.25 Å². The second-order valence-electron chi connectivity index (χ2n) is 5.94. The smallest absolute Gasteiger partial charge is 0.288 e. The van der Waals surface area contributed by atoms with E-state index in [1.165, 1.54) is 18.4 Å². The van der Waals surface area contributed by atoms with Crippen molar-refractivity contribution in [2.45, 2.75) is 24.5 Å². The number of nitrogens with one attached hydrogen (secondary N) is 1. The lowest BCUT2D eigenvalue weighted by Gasteiger charge is -2.10. The van der Waals surface area contributed by atoms with Crippen LogP contribution in [-0.2, 0) is 29.5 Å². The van der Waals surface area contributed by atoms with Crippen molar-refractivity contribution >= 4 is 45.3 Å². The number of aromatic nitrogens is 3. The molecule has 0 saturated carbocycles. The highest BCUT2D eigenvalue weighted by Crippen LogP contribution is 2.38. The van der Waals surface area contributed by atoms with Crippen molar-refractivity contribution in [1.29, 1.82) is 0 Å². The molecule has 130 valence electrons. The standard InChI is InChI=1S/C15H15N5O3S2/c1-19-13(22)10(25-15(19)23)5-11(21)17-14-18-12-7-6-16-20(2)8(7)3-4-9(12)24-14/h6,10H,3-5H2,1-2H3,(H,17,18,21)/t10-/m0/s1. The van der Waals surface area contributed by atoms with Gasteiger partial charge in [-0.15, -0.1) is 11.3 Å². The molecule has 3 amide bonds. The van der Waals surface area contributed by atoms with Gasteiger partial charge in [0, 0.05) is 36.7 Å². The first-order valence-corrected chi connectivity index (χ1v) is 9.42. The fraction of sp³-hybridized carbons (Fsp3) is 0.400. The van der Waals surface area contributed by atoms with Gasteiger partial charge in [-0.05, 0) is 12.8 Å². The Labute approximate surface area is 151 Å². The molecule has 2 aromatic rings. The minimum Gasteiger partial charge on any atom is -0.302 e. The molecule has 1 fully saturated rings. The zero-order chi connectivity index (χ0) is 17.7. The largest absolute Gasteiger partial charge is 0.302 e. The van der Waals surface area contributed by atoms with E-state index in [1.807, 2.05) is 11.7 Å². The van der Waals surface area contributed by atoms with Crippen LogP contribution in [-0.4, -0.2) is 49.0 Å². The van der Waals surface area contributed by atoms with Gasteiger partial charge in [-0.2, -0.15) is 5.10 Å². The predicted octanol–water partition coefficient (Wildman–Crippen LogP) is 1.66. The van der Waals surface area contributed by atoms with Gasteiger partial charge in [0.2, 0.25) is 11.8 Å². The Morgan fingerprint density at radius 3 is 2.88 bits per heavy atom. The number of thiazole rings is 1. The monoisotopic (exact) mass is 377 g/mol. The Balaban J connectivity index is 1.48. The molecule has 1 saturated heterocycles. The van der Waals surface area contributed by atoms with E-state index in [9.17, 15) is 14.4 Å². The average Bonchev–Trinajstić information content (AvgIpc) is 3.21. The number of carbonyl (C=O) groups is 3. The minimum absolute atomic E-state index is 0.0397.